The van der Waals surface area contributed by atoms with Crippen LogP contribution in [0.5, 0.6) is 0 Å². The molecule has 1 unspecified atom stereocenters. The highest BCUT2D eigenvalue weighted by Crippen LogP contribution is 2.28. The zero-order chi connectivity index (χ0) is 9.30. The van der Waals surface area contributed by atoms with Crippen LogP contribution in [0.1, 0.15) is 13.8 Å². The van der Waals surface area contributed by atoms with Crippen LogP contribution in [0, 0.1) is 11.8 Å². The minimum atomic E-state index is -0.964. The van der Waals surface area contributed by atoms with Gasteiger partial charge in [0.25, 0.3) is 0 Å². The minimum absolute atomic E-state index is 0.131. The van der Waals surface area contributed by atoms with Crippen LogP contribution >= 0.6 is 0 Å². The van der Waals surface area contributed by atoms with Crippen molar-refractivity contribution in [3.05, 3.63) is 0 Å². The smallest absolute Gasteiger partial charge is 0.160 e. The lowest BCUT2D eigenvalue weighted by atomic mass is 9.86. The van der Waals surface area contributed by atoms with E-state index in [0.717, 1.165) is 0 Å². The van der Waals surface area contributed by atoms with Gasteiger partial charge in [-0.1, -0.05) is 13.8 Å². The maximum absolute atomic E-state index is 9.57. The minimum Gasteiger partial charge on any atom is -0.394 e. The third-order valence-corrected chi connectivity index (χ3v) is 2.61. The summed E-state index contributed by atoms with van der Waals surface area (Å²) in [7, 11) is 0. The molecule has 0 aliphatic carbocycles. The quantitative estimate of drug-likeness (QED) is 0.495. The molecular weight excluding hydrogens is 160 g/mol. The molecule has 0 aromatic carbocycles. The van der Waals surface area contributed by atoms with E-state index < -0.39 is 18.5 Å². The summed E-state index contributed by atoms with van der Waals surface area (Å²) < 4.78 is 5.08. The number of rotatable bonds is 1. The van der Waals surface area contributed by atoms with E-state index in [1.54, 1.807) is 13.8 Å². The average Bonchev–Trinajstić information content (AvgIpc) is 2.08. The second-order valence-electron chi connectivity index (χ2n) is 3.46. The van der Waals surface area contributed by atoms with Gasteiger partial charge in [-0.2, -0.15) is 0 Å². The molecule has 5 atom stereocenters. The molecule has 1 aliphatic rings. The Bertz CT molecular complexity index is 145. The van der Waals surface area contributed by atoms with Crippen molar-refractivity contribution >= 4 is 0 Å². The van der Waals surface area contributed by atoms with E-state index in [0.29, 0.717) is 0 Å². The fourth-order valence-corrected chi connectivity index (χ4v) is 1.50. The van der Waals surface area contributed by atoms with Gasteiger partial charge in [-0.15, -0.1) is 0 Å². The largest absolute Gasteiger partial charge is 0.394 e. The molecule has 0 radical (unpaired) electrons. The number of hydrogen-bond acceptors (Lipinski definition) is 4. The third-order valence-electron chi connectivity index (χ3n) is 2.61. The van der Waals surface area contributed by atoms with Crippen LogP contribution in [-0.4, -0.2) is 40.4 Å². The van der Waals surface area contributed by atoms with Gasteiger partial charge in [0, 0.05) is 11.8 Å². The molecule has 1 rings (SSSR count). The van der Waals surface area contributed by atoms with Crippen LogP contribution in [0.3, 0.4) is 0 Å². The SMILES string of the molecule is C[C@H]1[C@H](O)[C@@H](C)C(O)O[C@@H]1CO. The molecule has 4 heteroatoms. The van der Waals surface area contributed by atoms with Crippen LogP contribution in [-0.2, 0) is 4.74 Å². The molecule has 1 heterocycles. The molecule has 0 aromatic heterocycles. The fourth-order valence-electron chi connectivity index (χ4n) is 1.50. The number of hydrogen-bond donors (Lipinski definition) is 3. The van der Waals surface area contributed by atoms with Crippen LogP contribution in [0.15, 0.2) is 0 Å². The van der Waals surface area contributed by atoms with Crippen molar-refractivity contribution in [2.45, 2.75) is 32.3 Å². The van der Waals surface area contributed by atoms with Gasteiger partial charge >= 0.3 is 0 Å². The van der Waals surface area contributed by atoms with E-state index in [1.807, 2.05) is 0 Å². The first kappa shape index (κ1) is 9.92. The molecule has 4 nitrogen and oxygen atoms in total. The molecule has 0 aromatic rings. The van der Waals surface area contributed by atoms with Crippen LogP contribution in [0.2, 0.25) is 0 Å². The first-order valence-corrected chi connectivity index (χ1v) is 4.20. The van der Waals surface area contributed by atoms with Gasteiger partial charge in [-0.3, -0.25) is 0 Å². The van der Waals surface area contributed by atoms with Crippen molar-refractivity contribution < 1.29 is 20.1 Å². The monoisotopic (exact) mass is 176 g/mol. The molecular formula is C8H16O4. The van der Waals surface area contributed by atoms with Gasteiger partial charge in [0.1, 0.15) is 0 Å². The van der Waals surface area contributed by atoms with E-state index >= 15 is 0 Å². The average molecular weight is 176 g/mol. The van der Waals surface area contributed by atoms with Gasteiger partial charge in [0.2, 0.25) is 0 Å². The summed E-state index contributed by atoms with van der Waals surface area (Å²) in [4.78, 5) is 0. The highest BCUT2D eigenvalue weighted by atomic mass is 16.6. The zero-order valence-electron chi connectivity index (χ0n) is 7.34. The Labute approximate surface area is 71.8 Å². The van der Waals surface area contributed by atoms with Crippen molar-refractivity contribution in [2.24, 2.45) is 11.8 Å². The van der Waals surface area contributed by atoms with Gasteiger partial charge in [-0.05, 0) is 0 Å². The number of aliphatic hydroxyl groups excluding tert-OH is 3. The molecule has 0 bridgehead atoms. The highest BCUT2D eigenvalue weighted by Gasteiger charge is 2.39. The second kappa shape index (κ2) is 3.70. The fraction of sp³-hybridized carbons (Fsp3) is 1.00. The molecule has 1 fully saturated rings. The zero-order valence-corrected chi connectivity index (χ0v) is 7.34. The Morgan fingerprint density at radius 3 is 2.25 bits per heavy atom. The molecule has 72 valence electrons. The van der Waals surface area contributed by atoms with Crippen molar-refractivity contribution in [1.29, 1.82) is 0 Å². The van der Waals surface area contributed by atoms with E-state index in [2.05, 4.69) is 0 Å². The van der Waals surface area contributed by atoms with Gasteiger partial charge in [0.15, 0.2) is 6.29 Å². The van der Waals surface area contributed by atoms with Crippen molar-refractivity contribution in [2.75, 3.05) is 6.61 Å². The van der Waals surface area contributed by atoms with Gasteiger partial charge < -0.3 is 20.1 Å². The van der Waals surface area contributed by atoms with Crippen molar-refractivity contribution in [3.63, 3.8) is 0 Å². The molecule has 0 spiro atoms. The predicted molar refractivity (Wildman–Crippen MR) is 42.3 cm³/mol. The highest BCUT2D eigenvalue weighted by molar-refractivity contribution is 4.83. The summed E-state index contributed by atoms with van der Waals surface area (Å²) in [6.45, 7) is 3.36. The Balaban J connectivity index is 2.63. The Kier molecular flexibility index (Phi) is 3.06. The van der Waals surface area contributed by atoms with Crippen molar-refractivity contribution in [3.8, 4) is 0 Å². The predicted octanol–water partition coefficient (Wildman–Crippen LogP) is -0.671. The second-order valence-corrected chi connectivity index (χ2v) is 3.46. The van der Waals surface area contributed by atoms with Gasteiger partial charge in [-0.25, -0.2) is 0 Å². The van der Waals surface area contributed by atoms with E-state index in [4.69, 9.17) is 9.84 Å². The number of aliphatic hydroxyl groups is 3. The molecule has 12 heavy (non-hydrogen) atoms. The van der Waals surface area contributed by atoms with E-state index in [-0.39, 0.29) is 18.4 Å². The van der Waals surface area contributed by atoms with E-state index in [9.17, 15) is 10.2 Å². The topological polar surface area (TPSA) is 69.9 Å². The first-order valence-electron chi connectivity index (χ1n) is 4.20. The summed E-state index contributed by atoms with van der Waals surface area (Å²) in [6, 6.07) is 0. The third kappa shape index (κ3) is 1.61. The maximum atomic E-state index is 9.57. The lowest BCUT2D eigenvalue weighted by Gasteiger charge is -2.39. The Hall–Kier alpha value is -0.160. The van der Waals surface area contributed by atoms with Crippen LogP contribution in [0.25, 0.3) is 0 Å². The summed E-state index contributed by atoms with van der Waals surface area (Å²) >= 11 is 0. The summed E-state index contributed by atoms with van der Waals surface area (Å²) in [5.41, 5.74) is 0. The van der Waals surface area contributed by atoms with Crippen LogP contribution in [0.4, 0.5) is 0 Å². The molecule has 1 saturated heterocycles. The number of ether oxygens (including phenoxy) is 1. The lowest BCUT2D eigenvalue weighted by Crippen LogP contribution is -2.50. The van der Waals surface area contributed by atoms with Gasteiger partial charge in [0.05, 0.1) is 18.8 Å². The molecule has 0 saturated carbocycles. The molecule has 1 aliphatic heterocycles. The summed E-state index contributed by atoms with van der Waals surface area (Å²) in [5.74, 6) is -0.420. The Morgan fingerprint density at radius 1 is 1.17 bits per heavy atom. The standard InChI is InChI=1S/C8H16O4/c1-4-6(3-9)12-8(11)5(2)7(4)10/h4-11H,3H2,1-2H3/t4-,5-,6-,7+,8?/m1/s1. The van der Waals surface area contributed by atoms with Crippen molar-refractivity contribution in [1.82, 2.24) is 0 Å². The normalized spacial score (nSPS) is 49.2. The van der Waals surface area contributed by atoms with E-state index in [1.165, 1.54) is 0 Å². The lowest BCUT2D eigenvalue weighted by molar-refractivity contribution is -0.248. The van der Waals surface area contributed by atoms with Crippen LogP contribution < -0.4 is 0 Å². The first-order chi connectivity index (χ1) is 5.57. The summed E-state index contributed by atoms with van der Waals surface area (Å²) in [5, 5.41) is 27.7. The maximum Gasteiger partial charge on any atom is 0.160 e. The molecule has 0 amide bonds. The summed E-state index contributed by atoms with van der Waals surface area (Å²) in [6.07, 6.45) is -2.02. The molecule has 3 N–H and O–H groups in total. The Morgan fingerprint density at radius 2 is 1.75 bits per heavy atom.